The van der Waals surface area contributed by atoms with E-state index in [4.69, 9.17) is 11.2 Å². The molecule has 0 radical (unpaired) electrons. The summed E-state index contributed by atoms with van der Waals surface area (Å²) in [6, 6.07) is 5.66. The molecule has 1 aromatic carbocycles. The zero-order chi connectivity index (χ0) is 14.4. The number of aromatic nitrogens is 2. The number of fused-ring (bicyclic) bond motifs is 1. The Morgan fingerprint density at radius 2 is 2.45 bits per heavy atom. The minimum atomic E-state index is -0.108. The summed E-state index contributed by atoms with van der Waals surface area (Å²) in [7, 11) is 0. The van der Waals surface area contributed by atoms with Gasteiger partial charge in [0, 0.05) is 6.07 Å². The quantitative estimate of drug-likeness (QED) is 0.628. The van der Waals surface area contributed by atoms with E-state index in [1.807, 2.05) is 25.1 Å². The molecule has 0 unspecified atom stereocenters. The van der Waals surface area contributed by atoms with Crippen LogP contribution in [0.25, 0.3) is 11.0 Å². The van der Waals surface area contributed by atoms with E-state index in [1.54, 1.807) is 0 Å². The maximum absolute atomic E-state index is 11.4. The summed E-state index contributed by atoms with van der Waals surface area (Å²) < 4.78 is 5.43. The number of benzene rings is 1. The van der Waals surface area contributed by atoms with Gasteiger partial charge >= 0.3 is 0 Å². The topological polar surface area (TPSA) is 67.0 Å². The van der Waals surface area contributed by atoms with Crippen LogP contribution in [-0.2, 0) is 4.79 Å². The largest absolute Gasteiger partial charge is 0.494 e. The van der Waals surface area contributed by atoms with Crippen LogP contribution in [0.1, 0.15) is 6.92 Å². The van der Waals surface area contributed by atoms with Crippen molar-refractivity contribution < 1.29 is 9.53 Å². The first-order chi connectivity index (χ1) is 9.72. The van der Waals surface area contributed by atoms with Gasteiger partial charge in [0.05, 0.1) is 29.9 Å². The van der Waals surface area contributed by atoms with Crippen LogP contribution in [0.5, 0.6) is 5.75 Å². The third-order valence-electron chi connectivity index (χ3n) is 2.47. The Balaban J connectivity index is 2.01. The number of hydrogen-bond acceptors (Lipinski definition) is 4. The van der Waals surface area contributed by atoms with Crippen molar-refractivity contribution in [1.29, 1.82) is 0 Å². The fraction of sp³-hybridized carbons (Fsp3) is 0.286. The van der Waals surface area contributed by atoms with E-state index in [1.165, 1.54) is 11.8 Å². The van der Waals surface area contributed by atoms with Crippen molar-refractivity contribution in [2.45, 2.75) is 12.1 Å². The van der Waals surface area contributed by atoms with Gasteiger partial charge in [0.2, 0.25) is 5.91 Å². The van der Waals surface area contributed by atoms with Crippen LogP contribution in [0.3, 0.4) is 0 Å². The highest BCUT2D eigenvalue weighted by molar-refractivity contribution is 7.99. The summed E-state index contributed by atoms with van der Waals surface area (Å²) in [4.78, 5) is 19.0. The highest BCUT2D eigenvalue weighted by Crippen LogP contribution is 2.23. The molecule has 0 spiro atoms. The molecular weight excluding hydrogens is 274 g/mol. The minimum absolute atomic E-state index is 0.108. The van der Waals surface area contributed by atoms with Crippen molar-refractivity contribution in [3.05, 3.63) is 18.2 Å². The Morgan fingerprint density at radius 1 is 1.60 bits per heavy atom. The van der Waals surface area contributed by atoms with E-state index in [9.17, 15) is 4.79 Å². The van der Waals surface area contributed by atoms with Gasteiger partial charge in [0.25, 0.3) is 0 Å². The summed E-state index contributed by atoms with van der Waals surface area (Å²) >= 11 is 1.34. The van der Waals surface area contributed by atoms with Crippen LogP contribution in [0.4, 0.5) is 0 Å². The lowest BCUT2D eigenvalue weighted by Gasteiger charge is -2.00. The number of ether oxygens (including phenoxy) is 1. The molecule has 2 rings (SSSR count). The van der Waals surface area contributed by atoms with E-state index in [-0.39, 0.29) is 18.2 Å². The number of imidazole rings is 1. The second-order valence-corrected chi connectivity index (χ2v) is 4.89. The maximum atomic E-state index is 11.4. The van der Waals surface area contributed by atoms with Crippen molar-refractivity contribution in [3.63, 3.8) is 0 Å². The molecule has 6 heteroatoms. The van der Waals surface area contributed by atoms with Crippen LogP contribution in [-0.4, -0.2) is 34.8 Å². The summed E-state index contributed by atoms with van der Waals surface area (Å²) in [5.74, 6) is 3.33. The van der Waals surface area contributed by atoms with Gasteiger partial charge in [-0.25, -0.2) is 4.98 Å². The number of H-pyrrole nitrogens is 1. The molecule has 2 aromatic rings. The highest BCUT2D eigenvalue weighted by Gasteiger charge is 2.07. The number of terminal acetylenes is 1. The number of nitrogens with one attached hydrogen (secondary N) is 2. The smallest absolute Gasteiger partial charge is 0.231 e. The lowest BCUT2D eigenvalue weighted by molar-refractivity contribution is -0.118. The highest BCUT2D eigenvalue weighted by atomic mass is 32.2. The third-order valence-corrected chi connectivity index (χ3v) is 3.34. The minimum Gasteiger partial charge on any atom is -0.494 e. The molecule has 1 amide bonds. The maximum Gasteiger partial charge on any atom is 0.231 e. The summed E-state index contributed by atoms with van der Waals surface area (Å²) in [5.41, 5.74) is 1.74. The van der Waals surface area contributed by atoms with Gasteiger partial charge in [0.1, 0.15) is 5.75 Å². The van der Waals surface area contributed by atoms with Gasteiger partial charge in [-0.1, -0.05) is 17.7 Å². The Morgan fingerprint density at radius 3 is 3.20 bits per heavy atom. The van der Waals surface area contributed by atoms with Crippen LogP contribution in [0, 0.1) is 12.3 Å². The van der Waals surface area contributed by atoms with Gasteiger partial charge < -0.3 is 15.0 Å². The lowest BCUT2D eigenvalue weighted by atomic mass is 10.3. The average molecular weight is 289 g/mol. The van der Waals surface area contributed by atoms with Crippen molar-refractivity contribution in [1.82, 2.24) is 15.3 Å². The molecule has 20 heavy (non-hydrogen) atoms. The fourth-order valence-corrected chi connectivity index (χ4v) is 2.34. The van der Waals surface area contributed by atoms with E-state index >= 15 is 0 Å². The van der Waals surface area contributed by atoms with Gasteiger partial charge in [-0.05, 0) is 19.1 Å². The molecule has 0 aliphatic carbocycles. The molecule has 1 aromatic heterocycles. The standard InChI is InChI=1S/C14H15N3O2S/c1-3-7-15-13(18)9-20-14-16-11-6-5-10(19-4-2)8-12(11)17-14/h1,5-6,8H,4,7,9H2,2H3,(H,15,18)(H,16,17). The van der Waals surface area contributed by atoms with Gasteiger partial charge in [0.15, 0.2) is 5.16 Å². The summed E-state index contributed by atoms with van der Waals surface area (Å²) in [6.45, 7) is 2.81. The molecule has 0 atom stereocenters. The zero-order valence-corrected chi connectivity index (χ0v) is 11.9. The molecule has 1 heterocycles. The first-order valence-corrected chi connectivity index (χ1v) is 7.17. The zero-order valence-electron chi connectivity index (χ0n) is 11.1. The molecular formula is C14H15N3O2S. The summed E-state index contributed by atoms with van der Waals surface area (Å²) in [5, 5.41) is 3.30. The first-order valence-electron chi connectivity index (χ1n) is 6.18. The van der Waals surface area contributed by atoms with Crippen molar-refractivity contribution in [2.24, 2.45) is 0 Å². The number of thioether (sulfide) groups is 1. The molecule has 2 N–H and O–H groups in total. The number of aromatic amines is 1. The predicted molar refractivity (Wildman–Crippen MR) is 79.8 cm³/mol. The number of carbonyl (C=O) groups excluding carboxylic acids is 1. The van der Waals surface area contributed by atoms with Crippen LogP contribution < -0.4 is 10.1 Å². The molecule has 5 nitrogen and oxygen atoms in total. The Bertz CT molecular complexity index is 645. The van der Waals surface area contributed by atoms with Crippen LogP contribution in [0.2, 0.25) is 0 Å². The van der Waals surface area contributed by atoms with Gasteiger partial charge in [-0.15, -0.1) is 6.42 Å². The van der Waals surface area contributed by atoms with Gasteiger partial charge in [-0.2, -0.15) is 0 Å². The Kier molecular flexibility index (Phi) is 4.91. The first kappa shape index (κ1) is 14.3. The molecule has 104 valence electrons. The molecule has 0 saturated carbocycles. The van der Waals surface area contributed by atoms with Gasteiger partial charge in [-0.3, -0.25) is 4.79 Å². The van der Waals surface area contributed by atoms with Crippen molar-refractivity contribution in [3.8, 4) is 18.1 Å². The van der Waals surface area contributed by atoms with E-state index in [0.29, 0.717) is 11.8 Å². The van der Waals surface area contributed by atoms with Crippen LogP contribution >= 0.6 is 11.8 Å². The monoisotopic (exact) mass is 289 g/mol. The molecule has 0 bridgehead atoms. The Hall–Kier alpha value is -2.13. The average Bonchev–Trinajstić information content (AvgIpc) is 2.85. The predicted octanol–water partition coefficient (Wildman–Crippen LogP) is 1.80. The normalized spacial score (nSPS) is 10.2. The van der Waals surface area contributed by atoms with Crippen LogP contribution in [0.15, 0.2) is 23.4 Å². The fourth-order valence-electron chi connectivity index (χ4n) is 1.62. The molecule has 0 aliphatic rings. The second kappa shape index (κ2) is 6.87. The van der Waals surface area contributed by atoms with Crippen molar-refractivity contribution >= 4 is 28.7 Å². The van der Waals surface area contributed by atoms with Crippen molar-refractivity contribution in [2.75, 3.05) is 18.9 Å². The summed E-state index contributed by atoms with van der Waals surface area (Å²) in [6.07, 6.45) is 5.07. The molecule has 0 saturated heterocycles. The number of nitrogens with zero attached hydrogens (tertiary/aromatic N) is 1. The Labute approximate surface area is 121 Å². The lowest BCUT2D eigenvalue weighted by Crippen LogP contribution is -2.25. The number of carbonyl (C=O) groups is 1. The second-order valence-electron chi connectivity index (χ2n) is 3.92. The van der Waals surface area contributed by atoms with E-state index in [0.717, 1.165) is 16.8 Å². The number of hydrogen-bond donors (Lipinski definition) is 2. The SMILES string of the molecule is C#CCNC(=O)CSc1nc2ccc(OCC)cc2[nH]1. The molecule has 0 fully saturated rings. The van der Waals surface area contributed by atoms with E-state index < -0.39 is 0 Å². The third kappa shape index (κ3) is 3.68. The molecule has 0 aliphatic heterocycles. The number of rotatable bonds is 6. The van der Waals surface area contributed by atoms with E-state index in [2.05, 4.69) is 21.2 Å². The number of amides is 1.